The maximum absolute atomic E-state index is 12.5. The molecule has 0 saturated heterocycles. The van der Waals surface area contributed by atoms with Crippen molar-refractivity contribution in [3.8, 4) is 5.75 Å². The first kappa shape index (κ1) is 20.4. The smallest absolute Gasteiger partial charge is 0.475 e. The molecule has 0 bridgehead atoms. The molecule has 1 heterocycles. The lowest BCUT2D eigenvalue weighted by atomic mass is 9.75. The van der Waals surface area contributed by atoms with Gasteiger partial charge in [-0.05, 0) is 35.7 Å². The Morgan fingerprint density at radius 1 is 1.19 bits per heavy atom. The first-order valence-electron chi connectivity index (χ1n) is 8.15. The first-order chi connectivity index (χ1) is 12.8. The third-order valence-electron chi connectivity index (χ3n) is 4.14. The highest BCUT2D eigenvalue weighted by Gasteiger charge is 2.30. The number of aromatic carboxylic acids is 1. The Morgan fingerprint density at radius 2 is 1.85 bits per heavy atom. The van der Waals surface area contributed by atoms with Crippen molar-refractivity contribution in [1.82, 2.24) is 10.3 Å². The minimum absolute atomic E-state index is 0.0101. The number of aromatic nitrogens is 1. The Morgan fingerprint density at radius 3 is 2.41 bits per heavy atom. The second-order valence-corrected chi connectivity index (χ2v) is 5.92. The fourth-order valence-electron chi connectivity index (χ4n) is 2.67. The number of nitrogens with two attached hydrogens (primary N) is 1. The SMILES string of the molecule is NCC(C(=O)NC(Cc1cccc(C(=O)O)c1O)B(O)O)c1ccncc1. The summed E-state index contributed by atoms with van der Waals surface area (Å²) in [6.45, 7) is -0.0101. The summed E-state index contributed by atoms with van der Waals surface area (Å²) in [4.78, 5) is 27.5. The molecule has 9 nitrogen and oxygen atoms in total. The Labute approximate surface area is 155 Å². The summed E-state index contributed by atoms with van der Waals surface area (Å²) < 4.78 is 0. The highest BCUT2D eigenvalue weighted by Crippen LogP contribution is 2.24. The second-order valence-electron chi connectivity index (χ2n) is 5.92. The van der Waals surface area contributed by atoms with Gasteiger partial charge in [-0.1, -0.05) is 12.1 Å². The molecular formula is C17H20BN3O6. The highest BCUT2D eigenvalue weighted by atomic mass is 16.4. The minimum Gasteiger partial charge on any atom is -0.507 e. The average molecular weight is 373 g/mol. The van der Waals surface area contributed by atoms with Crippen LogP contribution in [0.3, 0.4) is 0 Å². The number of amides is 1. The van der Waals surface area contributed by atoms with Crippen LogP contribution in [0.2, 0.25) is 0 Å². The normalized spacial score (nSPS) is 12.9. The topological polar surface area (TPSA) is 166 Å². The number of carbonyl (C=O) groups is 2. The molecule has 10 heteroatoms. The largest absolute Gasteiger partial charge is 0.507 e. The molecule has 142 valence electrons. The van der Waals surface area contributed by atoms with Crippen LogP contribution < -0.4 is 11.1 Å². The van der Waals surface area contributed by atoms with Crippen LogP contribution in [0.1, 0.15) is 27.4 Å². The molecule has 0 saturated carbocycles. The lowest BCUT2D eigenvalue weighted by molar-refractivity contribution is -0.122. The van der Waals surface area contributed by atoms with Crippen LogP contribution in [0.5, 0.6) is 5.75 Å². The van der Waals surface area contributed by atoms with Gasteiger partial charge >= 0.3 is 13.1 Å². The monoisotopic (exact) mass is 373 g/mol. The van der Waals surface area contributed by atoms with E-state index in [0.717, 1.165) is 0 Å². The maximum Gasteiger partial charge on any atom is 0.475 e. The van der Waals surface area contributed by atoms with Crippen molar-refractivity contribution in [2.45, 2.75) is 18.3 Å². The fraction of sp³-hybridized carbons (Fsp3) is 0.235. The second kappa shape index (κ2) is 9.13. The summed E-state index contributed by atoms with van der Waals surface area (Å²) in [5.74, 6) is -4.25. The number of rotatable bonds is 8. The van der Waals surface area contributed by atoms with Crippen LogP contribution in [0.15, 0.2) is 42.7 Å². The molecule has 1 aromatic carbocycles. The van der Waals surface area contributed by atoms with E-state index in [0.29, 0.717) is 5.56 Å². The van der Waals surface area contributed by atoms with E-state index in [9.17, 15) is 24.7 Å². The Kier molecular flexibility index (Phi) is 6.88. The van der Waals surface area contributed by atoms with Gasteiger partial charge in [0.1, 0.15) is 11.3 Å². The predicted molar refractivity (Wildman–Crippen MR) is 96.9 cm³/mol. The number of carbonyl (C=O) groups excluding carboxylic acids is 1. The summed E-state index contributed by atoms with van der Waals surface area (Å²) >= 11 is 0. The zero-order chi connectivity index (χ0) is 20.0. The molecule has 0 radical (unpaired) electrons. The van der Waals surface area contributed by atoms with Crippen LogP contribution in [-0.2, 0) is 11.2 Å². The molecule has 0 aliphatic rings. The lowest BCUT2D eigenvalue weighted by Crippen LogP contribution is -2.50. The zero-order valence-corrected chi connectivity index (χ0v) is 14.3. The van der Waals surface area contributed by atoms with Crippen molar-refractivity contribution in [3.63, 3.8) is 0 Å². The van der Waals surface area contributed by atoms with Crippen molar-refractivity contribution >= 4 is 19.0 Å². The van der Waals surface area contributed by atoms with Crippen molar-refractivity contribution in [1.29, 1.82) is 0 Å². The number of hydrogen-bond acceptors (Lipinski definition) is 7. The van der Waals surface area contributed by atoms with E-state index in [1.54, 1.807) is 12.1 Å². The fourth-order valence-corrected chi connectivity index (χ4v) is 2.67. The Balaban J connectivity index is 2.20. The van der Waals surface area contributed by atoms with Gasteiger partial charge in [0.15, 0.2) is 0 Å². The number of carboxylic acids is 1. The molecule has 0 fully saturated rings. The summed E-state index contributed by atoms with van der Waals surface area (Å²) in [6.07, 6.45) is 2.84. The van der Waals surface area contributed by atoms with Gasteiger partial charge in [-0.3, -0.25) is 9.78 Å². The number of benzene rings is 1. The Hall–Kier alpha value is -2.95. The predicted octanol–water partition coefficient (Wildman–Crippen LogP) is -0.733. The van der Waals surface area contributed by atoms with E-state index in [1.165, 1.54) is 30.6 Å². The zero-order valence-electron chi connectivity index (χ0n) is 14.3. The first-order valence-corrected chi connectivity index (χ1v) is 8.15. The van der Waals surface area contributed by atoms with Crippen molar-refractivity contribution in [2.24, 2.45) is 5.73 Å². The van der Waals surface area contributed by atoms with Gasteiger partial charge in [-0.15, -0.1) is 0 Å². The molecule has 1 amide bonds. The minimum atomic E-state index is -1.93. The van der Waals surface area contributed by atoms with Crippen molar-refractivity contribution in [3.05, 3.63) is 59.4 Å². The number of nitrogens with one attached hydrogen (secondary N) is 1. The molecule has 2 unspecified atom stereocenters. The summed E-state index contributed by atoms with van der Waals surface area (Å²) in [5.41, 5.74) is 6.13. The van der Waals surface area contributed by atoms with Gasteiger partial charge in [-0.25, -0.2) is 4.79 Å². The number of pyridine rings is 1. The third-order valence-corrected chi connectivity index (χ3v) is 4.14. The molecule has 2 rings (SSSR count). The molecule has 0 spiro atoms. The number of aromatic hydroxyl groups is 1. The number of nitrogens with zero attached hydrogens (tertiary/aromatic N) is 1. The van der Waals surface area contributed by atoms with Crippen LogP contribution in [-0.4, -0.2) is 56.7 Å². The third kappa shape index (κ3) is 5.03. The number of para-hydroxylation sites is 1. The number of phenols is 1. The van der Waals surface area contributed by atoms with Gasteiger partial charge in [0.2, 0.25) is 5.91 Å². The van der Waals surface area contributed by atoms with Crippen molar-refractivity contribution < 1.29 is 29.9 Å². The van der Waals surface area contributed by atoms with Crippen LogP contribution in [0.4, 0.5) is 0 Å². The number of hydrogen-bond donors (Lipinski definition) is 6. The van der Waals surface area contributed by atoms with E-state index >= 15 is 0 Å². The van der Waals surface area contributed by atoms with Gasteiger partial charge in [0.25, 0.3) is 0 Å². The van der Waals surface area contributed by atoms with Crippen LogP contribution in [0.25, 0.3) is 0 Å². The molecule has 2 aromatic rings. The van der Waals surface area contributed by atoms with Gasteiger partial charge in [0.05, 0.1) is 11.9 Å². The maximum atomic E-state index is 12.5. The average Bonchev–Trinajstić information content (AvgIpc) is 2.63. The summed E-state index contributed by atoms with van der Waals surface area (Å²) in [6, 6.07) is 7.33. The van der Waals surface area contributed by atoms with E-state index in [1.807, 2.05) is 0 Å². The Bertz CT molecular complexity index is 803. The van der Waals surface area contributed by atoms with E-state index < -0.39 is 36.6 Å². The van der Waals surface area contributed by atoms with E-state index in [4.69, 9.17) is 10.8 Å². The van der Waals surface area contributed by atoms with Crippen molar-refractivity contribution in [2.75, 3.05) is 6.54 Å². The molecule has 0 aliphatic carbocycles. The molecule has 7 N–H and O–H groups in total. The molecule has 0 aliphatic heterocycles. The summed E-state index contributed by atoms with van der Waals surface area (Å²) in [5, 5.41) is 40.9. The van der Waals surface area contributed by atoms with Crippen LogP contribution >= 0.6 is 0 Å². The van der Waals surface area contributed by atoms with Gasteiger partial charge in [-0.2, -0.15) is 0 Å². The van der Waals surface area contributed by atoms with Gasteiger partial charge < -0.3 is 31.3 Å². The quantitative estimate of drug-likeness (QED) is 0.329. The lowest BCUT2D eigenvalue weighted by Gasteiger charge is -2.22. The molecular weight excluding hydrogens is 353 g/mol. The number of carboxylic acid groups (broad SMARTS) is 1. The molecule has 27 heavy (non-hydrogen) atoms. The van der Waals surface area contributed by atoms with Gasteiger partial charge in [0, 0.05) is 18.9 Å². The standard InChI is InChI=1S/C17H20BN3O6/c19-9-13(10-4-6-20-7-5-10)16(23)21-14(18(26)27)8-11-2-1-3-12(15(11)22)17(24)25/h1-7,13-14,22,26-27H,8-9,19H2,(H,21,23)(H,24,25). The molecule has 2 atom stereocenters. The highest BCUT2D eigenvalue weighted by molar-refractivity contribution is 6.43. The van der Waals surface area contributed by atoms with E-state index in [2.05, 4.69) is 10.3 Å². The molecule has 1 aromatic heterocycles. The summed E-state index contributed by atoms with van der Waals surface area (Å²) in [7, 11) is -1.93. The van der Waals surface area contributed by atoms with Crippen LogP contribution in [0, 0.1) is 0 Å². The van der Waals surface area contributed by atoms with E-state index in [-0.39, 0.29) is 24.1 Å².